The van der Waals surface area contributed by atoms with Gasteiger partial charge < -0.3 is 5.11 Å². The Morgan fingerprint density at radius 2 is 2.14 bits per heavy atom. The Morgan fingerprint density at radius 3 is 2.86 bits per heavy atom. The quantitative estimate of drug-likeness (QED) is 0.706. The van der Waals surface area contributed by atoms with Crippen LogP contribution in [0, 0.1) is 11.8 Å². The summed E-state index contributed by atoms with van der Waals surface area (Å²) in [7, 11) is -3.59. The van der Waals surface area contributed by atoms with Gasteiger partial charge in [-0.1, -0.05) is 30.0 Å². The van der Waals surface area contributed by atoms with Crippen LogP contribution in [0.5, 0.6) is 0 Å². The molecule has 0 bridgehead atoms. The lowest BCUT2D eigenvalue weighted by molar-refractivity contribution is 0.305. The molecule has 7 heteroatoms. The zero-order chi connectivity index (χ0) is 15.1. The topological polar surface area (TPSA) is 95.1 Å². The van der Waals surface area contributed by atoms with E-state index in [1.165, 1.54) is 12.4 Å². The van der Waals surface area contributed by atoms with Crippen molar-refractivity contribution in [2.24, 2.45) is 0 Å². The fourth-order valence-electron chi connectivity index (χ4n) is 1.65. The maximum atomic E-state index is 12.0. The lowest BCUT2D eigenvalue weighted by Gasteiger charge is -2.06. The van der Waals surface area contributed by atoms with Gasteiger partial charge in [-0.3, -0.25) is 5.10 Å². The highest BCUT2D eigenvalue weighted by atomic mass is 32.2. The molecular formula is C14H15N3O3S. The molecular weight excluding hydrogens is 290 g/mol. The minimum Gasteiger partial charge on any atom is -0.395 e. The van der Waals surface area contributed by atoms with Crippen LogP contribution in [0.15, 0.2) is 41.6 Å². The summed E-state index contributed by atoms with van der Waals surface area (Å²) >= 11 is 0. The van der Waals surface area contributed by atoms with Gasteiger partial charge in [-0.25, -0.2) is 13.1 Å². The summed E-state index contributed by atoms with van der Waals surface area (Å²) < 4.78 is 26.5. The predicted octanol–water partition coefficient (Wildman–Crippen LogP) is 0.622. The van der Waals surface area contributed by atoms with Crippen LogP contribution in [-0.2, 0) is 16.6 Å². The maximum Gasteiger partial charge on any atom is 0.243 e. The molecule has 21 heavy (non-hydrogen) atoms. The first kappa shape index (κ1) is 15.3. The molecule has 0 saturated heterocycles. The van der Waals surface area contributed by atoms with E-state index in [4.69, 9.17) is 5.11 Å². The van der Waals surface area contributed by atoms with E-state index in [0.717, 1.165) is 11.1 Å². The van der Waals surface area contributed by atoms with Crippen LogP contribution in [-0.4, -0.2) is 30.3 Å². The standard InChI is InChI=1S/C14H15N3O3S/c18-8-4-3-6-12-5-1-2-7-13(12)9-17-21(19,20)14-10-15-16-11-14/h1-2,5,7,10-11,17-18H,4,8-9H2,(H,15,16). The van der Waals surface area contributed by atoms with Gasteiger partial charge in [-0.2, -0.15) is 5.10 Å². The molecule has 2 rings (SSSR count). The van der Waals surface area contributed by atoms with Gasteiger partial charge in [0.15, 0.2) is 0 Å². The number of H-pyrrole nitrogens is 1. The maximum absolute atomic E-state index is 12.0. The van der Waals surface area contributed by atoms with Crippen molar-refractivity contribution >= 4 is 10.0 Å². The molecule has 0 aliphatic carbocycles. The van der Waals surface area contributed by atoms with Gasteiger partial charge in [0.1, 0.15) is 4.90 Å². The predicted molar refractivity (Wildman–Crippen MR) is 77.6 cm³/mol. The molecule has 0 radical (unpaired) electrons. The Balaban J connectivity index is 2.13. The Hall–Kier alpha value is -2.14. The van der Waals surface area contributed by atoms with Crippen molar-refractivity contribution in [1.29, 1.82) is 0 Å². The molecule has 0 saturated carbocycles. The Bertz CT molecular complexity index is 743. The molecule has 0 fully saturated rings. The van der Waals surface area contributed by atoms with Crippen molar-refractivity contribution in [3.8, 4) is 11.8 Å². The summed E-state index contributed by atoms with van der Waals surface area (Å²) in [6, 6.07) is 7.27. The summed E-state index contributed by atoms with van der Waals surface area (Å²) in [6.45, 7) is 0.139. The third kappa shape index (κ3) is 4.16. The molecule has 6 nitrogen and oxygen atoms in total. The molecule has 110 valence electrons. The fourth-order valence-corrected chi connectivity index (χ4v) is 2.56. The first-order chi connectivity index (χ1) is 10.1. The first-order valence-corrected chi connectivity index (χ1v) is 7.78. The van der Waals surface area contributed by atoms with Crippen LogP contribution < -0.4 is 4.72 Å². The summed E-state index contributed by atoms with van der Waals surface area (Å²) in [5, 5.41) is 14.8. The summed E-state index contributed by atoms with van der Waals surface area (Å²) in [4.78, 5) is 0.0892. The Morgan fingerprint density at radius 1 is 1.33 bits per heavy atom. The van der Waals surface area contributed by atoms with Crippen molar-refractivity contribution in [3.63, 3.8) is 0 Å². The molecule has 1 aromatic heterocycles. The number of aliphatic hydroxyl groups excluding tert-OH is 1. The van der Waals surface area contributed by atoms with E-state index < -0.39 is 10.0 Å². The highest BCUT2D eigenvalue weighted by Gasteiger charge is 2.15. The average molecular weight is 305 g/mol. The largest absolute Gasteiger partial charge is 0.395 e. The second-order valence-corrected chi connectivity index (χ2v) is 5.96. The lowest BCUT2D eigenvalue weighted by Crippen LogP contribution is -2.23. The van der Waals surface area contributed by atoms with E-state index in [1.807, 2.05) is 18.2 Å². The Labute approximate surface area is 123 Å². The molecule has 0 amide bonds. The van der Waals surface area contributed by atoms with Crippen molar-refractivity contribution in [1.82, 2.24) is 14.9 Å². The van der Waals surface area contributed by atoms with E-state index in [-0.39, 0.29) is 18.0 Å². The summed E-state index contributed by atoms with van der Waals surface area (Å²) in [5.74, 6) is 5.75. The molecule has 1 heterocycles. The van der Waals surface area contributed by atoms with Gasteiger partial charge in [0.2, 0.25) is 10.0 Å². The van der Waals surface area contributed by atoms with Crippen molar-refractivity contribution in [3.05, 3.63) is 47.8 Å². The zero-order valence-corrected chi connectivity index (χ0v) is 12.0. The second kappa shape index (κ2) is 7.04. The molecule has 0 aliphatic rings. The van der Waals surface area contributed by atoms with Crippen molar-refractivity contribution in [2.75, 3.05) is 6.61 Å². The van der Waals surface area contributed by atoms with Gasteiger partial charge in [0.05, 0.1) is 12.8 Å². The third-order valence-electron chi connectivity index (χ3n) is 2.71. The third-order valence-corrected chi connectivity index (χ3v) is 4.08. The minimum absolute atomic E-state index is 0.00227. The molecule has 3 N–H and O–H groups in total. The minimum atomic E-state index is -3.59. The molecule has 2 aromatic rings. The van der Waals surface area contributed by atoms with Crippen LogP contribution >= 0.6 is 0 Å². The van der Waals surface area contributed by atoms with Gasteiger partial charge in [-0.05, 0) is 11.6 Å². The highest BCUT2D eigenvalue weighted by molar-refractivity contribution is 7.89. The van der Waals surface area contributed by atoms with Gasteiger partial charge in [0, 0.05) is 24.7 Å². The lowest BCUT2D eigenvalue weighted by atomic mass is 10.1. The Kier molecular flexibility index (Phi) is 5.11. The number of rotatable bonds is 5. The SMILES string of the molecule is O=S(=O)(NCc1ccccc1C#CCCO)c1cn[nH]c1. The number of sulfonamides is 1. The summed E-state index contributed by atoms with van der Waals surface area (Å²) in [5.41, 5.74) is 1.51. The number of aromatic nitrogens is 2. The van der Waals surface area contributed by atoms with E-state index in [2.05, 4.69) is 26.8 Å². The number of hydrogen-bond donors (Lipinski definition) is 3. The van der Waals surface area contributed by atoms with Crippen LogP contribution in [0.2, 0.25) is 0 Å². The van der Waals surface area contributed by atoms with Crippen LogP contribution in [0.4, 0.5) is 0 Å². The van der Waals surface area contributed by atoms with Gasteiger partial charge in [0.25, 0.3) is 0 Å². The molecule has 0 aliphatic heterocycles. The smallest absolute Gasteiger partial charge is 0.243 e. The van der Waals surface area contributed by atoms with Gasteiger partial charge >= 0.3 is 0 Å². The number of benzene rings is 1. The van der Waals surface area contributed by atoms with Crippen LogP contribution in [0.25, 0.3) is 0 Å². The van der Waals surface area contributed by atoms with E-state index in [9.17, 15) is 8.42 Å². The van der Waals surface area contributed by atoms with E-state index >= 15 is 0 Å². The van der Waals surface area contributed by atoms with Crippen LogP contribution in [0.1, 0.15) is 17.5 Å². The van der Waals surface area contributed by atoms with Crippen molar-refractivity contribution < 1.29 is 13.5 Å². The van der Waals surface area contributed by atoms with Gasteiger partial charge in [-0.15, -0.1) is 0 Å². The summed E-state index contributed by atoms with van der Waals surface area (Å²) in [6.07, 6.45) is 2.94. The average Bonchev–Trinajstić information content (AvgIpc) is 3.02. The number of hydrogen-bond acceptors (Lipinski definition) is 4. The molecule has 1 aromatic carbocycles. The van der Waals surface area contributed by atoms with E-state index in [1.54, 1.807) is 6.07 Å². The van der Waals surface area contributed by atoms with Crippen LogP contribution in [0.3, 0.4) is 0 Å². The number of nitrogens with one attached hydrogen (secondary N) is 2. The van der Waals surface area contributed by atoms with Crippen molar-refractivity contribution in [2.45, 2.75) is 17.9 Å². The number of aromatic amines is 1. The second-order valence-electron chi connectivity index (χ2n) is 4.19. The number of nitrogens with zero attached hydrogens (tertiary/aromatic N) is 1. The fraction of sp³-hybridized carbons (Fsp3) is 0.214. The monoisotopic (exact) mass is 305 g/mol. The normalized spacial score (nSPS) is 10.9. The highest BCUT2D eigenvalue weighted by Crippen LogP contribution is 2.10. The number of aliphatic hydroxyl groups is 1. The first-order valence-electron chi connectivity index (χ1n) is 6.29. The molecule has 0 spiro atoms. The molecule has 0 unspecified atom stereocenters. The zero-order valence-electron chi connectivity index (χ0n) is 11.2. The molecule has 0 atom stereocenters. The van der Waals surface area contributed by atoms with E-state index in [0.29, 0.717) is 6.42 Å².